The van der Waals surface area contributed by atoms with E-state index in [2.05, 4.69) is 91.0 Å². The van der Waals surface area contributed by atoms with E-state index >= 15 is 0 Å². The molecule has 0 atom stereocenters. The SMILES string of the molecule is N#Cc1ccc2c3c(cccc13)Oc1cc(-c3ccc(-c4ccc5ccc6cccc7ccc4c5c67)nc3)ccc1-2. The Balaban J connectivity index is 1.13. The molecule has 0 aliphatic carbocycles. The van der Waals surface area contributed by atoms with Crippen LogP contribution in [0.3, 0.4) is 0 Å². The highest BCUT2D eigenvalue weighted by molar-refractivity contribution is 6.25. The molecule has 2 heterocycles. The van der Waals surface area contributed by atoms with Gasteiger partial charge in [0, 0.05) is 33.7 Å². The molecule has 0 radical (unpaired) electrons. The minimum atomic E-state index is 0.658. The van der Waals surface area contributed by atoms with Gasteiger partial charge < -0.3 is 4.74 Å². The van der Waals surface area contributed by atoms with Crippen LogP contribution in [0.4, 0.5) is 0 Å². The topological polar surface area (TPSA) is 45.9 Å². The zero-order valence-corrected chi connectivity index (χ0v) is 21.8. The number of fused-ring (bicyclic) bond motifs is 2. The van der Waals surface area contributed by atoms with Gasteiger partial charge >= 0.3 is 0 Å². The molecular weight excluding hydrogens is 500 g/mol. The quantitative estimate of drug-likeness (QED) is 0.213. The van der Waals surface area contributed by atoms with Crippen LogP contribution >= 0.6 is 0 Å². The molecule has 9 rings (SSSR count). The molecule has 0 saturated carbocycles. The first-order chi connectivity index (χ1) is 20.3. The summed E-state index contributed by atoms with van der Waals surface area (Å²) < 4.78 is 6.38. The first-order valence-electron chi connectivity index (χ1n) is 13.7. The number of rotatable bonds is 2. The third-order valence-corrected chi connectivity index (χ3v) is 8.52. The molecule has 188 valence electrons. The van der Waals surface area contributed by atoms with Crippen molar-refractivity contribution in [3.05, 3.63) is 127 Å². The van der Waals surface area contributed by atoms with Gasteiger partial charge in [0.05, 0.1) is 17.3 Å². The lowest BCUT2D eigenvalue weighted by molar-refractivity contribution is 0.487. The van der Waals surface area contributed by atoms with Crippen LogP contribution in [0, 0.1) is 11.3 Å². The van der Waals surface area contributed by atoms with E-state index in [4.69, 9.17) is 9.72 Å². The van der Waals surface area contributed by atoms with Gasteiger partial charge in [0.2, 0.25) is 0 Å². The summed E-state index contributed by atoms with van der Waals surface area (Å²) in [5, 5.41) is 19.1. The highest BCUT2D eigenvalue weighted by atomic mass is 16.5. The maximum Gasteiger partial charge on any atom is 0.135 e. The van der Waals surface area contributed by atoms with E-state index in [1.54, 1.807) is 0 Å². The zero-order chi connectivity index (χ0) is 27.1. The number of benzene rings is 7. The van der Waals surface area contributed by atoms with Gasteiger partial charge in [-0.2, -0.15) is 5.26 Å². The first-order valence-corrected chi connectivity index (χ1v) is 13.7. The van der Waals surface area contributed by atoms with Crippen LogP contribution in [0.1, 0.15) is 5.56 Å². The fraction of sp³-hybridized carbons (Fsp3) is 0. The monoisotopic (exact) mass is 520 g/mol. The van der Waals surface area contributed by atoms with Crippen molar-refractivity contribution in [3.8, 4) is 51.1 Å². The van der Waals surface area contributed by atoms with E-state index in [0.717, 1.165) is 55.8 Å². The number of ether oxygens (including phenoxy) is 1. The Labute approximate surface area is 235 Å². The number of aromatic nitrogens is 1. The summed E-state index contributed by atoms with van der Waals surface area (Å²) in [5.41, 5.74) is 6.94. The predicted octanol–water partition coefficient (Wildman–Crippen LogP) is 10.1. The van der Waals surface area contributed by atoms with E-state index < -0.39 is 0 Å². The second kappa shape index (κ2) is 8.14. The molecule has 41 heavy (non-hydrogen) atoms. The fourth-order valence-electron chi connectivity index (χ4n) is 6.59. The Morgan fingerprint density at radius 1 is 0.537 bits per heavy atom. The molecule has 0 fully saturated rings. The molecule has 1 aromatic heterocycles. The van der Waals surface area contributed by atoms with Gasteiger partial charge in [0.1, 0.15) is 11.5 Å². The molecule has 0 unspecified atom stereocenters. The van der Waals surface area contributed by atoms with Crippen LogP contribution in [0.2, 0.25) is 0 Å². The van der Waals surface area contributed by atoms with Crippen molar-refractivity contribution in [3.63, 3.8) is 0 Å². The summed E-state index contributed by atoms with van der Waals surface area (Å²) in [6, 6.07) is 42.4. The molecule has 0 saturated heterocycles. The summed E-state index contributed by atoms with van der Waals surface area (Å²) in [5.74, 6) is 1.59. The van der Waals surface area contributed by atoms with Crippen LogP contribution in [0.25, 0.3) is 76.6 Å². The number of nitrogens with zero attached hydrogens (tertiary/aromatic N) is 2. The molecule has 8 aromatic rings. The molecule has 1 aliphatic rings. The number of hydrogen-bond donors (Lipinski definition) is 0. The standard InChI is InChI=1S/C38H20N2O/c39-20-26-12-17-32-30-15-11-25(19-35(30)41-34-6-2-5-28(26)38(32)34)27-13-18-33(40-21-27)29-14-9-24-8-7-22-3-1-4-23-10-16-31(29)37(24)36(22)23/h1-19,21H. The Kier molecular flexibility index (Phi) is 4.40. The Bertz CT molecular complexity index is 2380. The van der Waals surface area contributed by atoms with Crippen molar-refractivity contribution >= 4 is 43.1 Å². The van der Waals surface area contributed by atoms with Gasteiger partial charge in [0.15, 0.2) is 0 Å². The summed E-state index contributed by atoms with van der Waals surface area (Å²) in [6.07, 6.45) is 1.95. The van der Waals surface area contributed by atoms with Crippen molar-refractivity contribution in [1.29, 1.82) is 5.26 Å². The van der Waals surface area contributed by atoms with Crippen LogP contribution in [0.15, 0.2) is 121 Å². The average molecular weight is 521 g/mol. The molecule has 0 amide bonds. The van der Waals surface area contributed by atoms with Gasteiger partial charge in [0.25, 0.3) is 0 Å². The molecule has 0 spiro atoms. The maximum atomic E-state index is 9.58. The Morgan fingerprint density at radius 2 is 1.27 bits per heavy atom. The Hall–Kier alpha value is -5.72. The van der Waals surface area contributed by atoms with E-state index in [1.807, 2.05) is 36.5 Å². The molecule has 7 aromatic carbocycles. The molecule has 1 aliphatic heterocycles. The van der Waals surface area contributed by atoms with Crippen LogP contribution < -0.4 is 4.74 Å². The van der Waals surface area contributed by atoms with E-state index in [1.165, 1.54) is 32.3 Å². The molecule has 3 nitrogen and oxygen atoms in total. The van der Waals surface area contributed by atoms with Crippen LogP contribution in [-0.2, 0) is 0 Å². The smallest absolute Gasteiger partial charge is 0.135 e. The summed E-state index contributed by atoms with van der Waals surface area (Å²) >= 11 is 0. The third kappa shape index (κ3) is 3.10. The van der Waals surface area contributed by atoms with Crippen molar-refractivity contribution in [2.45, 2.75) is 0 Å². The second-order valence-corrected chi connectivity index (χ2v) is 10.7. The van der Waals surface area contributed by atoms with Crippen molar-refractivity contribution in [2.24, 2.45) is 0 Å². The first kappa shape index (κ1) is 22.1. The van der Waals surface area contributed by atoms with E-state index in [9.17, 15) is 5.26 Å². The van der Waals surface area contributed by atoms with Crippen molar-refractivity contribution in [1.82, 2.24) is 4.98 Å². The summed E-state index contributed by atoms with van der Waals surface area (Å²) in [4.78, 5) is 4.93. The van der Waals surface area contributed by atoms with Crippen molar-refractivity contribution in [2.75, 3.05) is 0 Å². The molecule has 0 N–H and O–H groups in total. The average Bonchev–Trinajstić information content (AvgIpc) is 3.03. The summed E-state index contributed by atoms with van der Waals surface area (Å²) in [6.45, 7) is 0. The van der Waals surface area contributed by atoms with Crippen LogP contribution in [0.5, 0.6) is 11.5 Å². The highest BCUT2D eigenvalue weighted by Crippen LogP contribution is 2.48. The number of nitriles is 1. The number of pyridine rings is 1. The van der Waals surface area contributed by atoms with Gasteiger partial charge in [-0.25, -0.2) is 0 Å². The maximum absolute atomic E-state index is 9.58. The lowest BCUT2D eigenvalue weighted by Crippen LogP contribution is -1.98. The lowest BCUT2D eigenvalue weighted by atomic mass is 9.90. The Morgan fingerprint density at radius 3 is 2.10 bits per heavy atom. The second-order valence-electron chi connectivity index (χ2n) is 10.7. The molecule has 0 bridgehead atoms. The fourth-order valence-corrected chi connectivity index (χ4v) is 6.59. The normalized spacial score (nSPS) is 12.1. The minimum absolute atomic E-state index is 0.658. The summed E-state index contributed by atoms with van der Waals surface area (Å²) in [7, 11) is 0. The molecule has 3 heteroatoms. The van der Waals surface area contributed by atoms with Gasteiger partial charge in [-0.15, -0.1) is 0 Å². The van der Waals surface area contributed by atoms with Gasteiger partial charge in [-0.05, 0) is 73.8 Å². The predicted molar refractivity (Wildman–Crippen MR) is 167 cm³/mol. The van der Waals surface area contributed by atoms with Gasteiger partial charge in [-0.3, -0.25) is 4.98 Å². The number of hydrogen-bond acceptors (Lipinski definition) is 3. The molecular formula is C38H20N2O. The largest absolute Gasteiger partial charge is 0.456 e. The van der Waals surface area contributed by atoms with E-state index in [-0.39, 0.29) is 0 Å². The van der Waals surface area contributed by atoms with Crippen molar-refractivity contribution < 1.29 is 4.74 Å². The minimum Gasteiger partial charge on any atom is -0.456 e. The third-order valence-electron chi connectivity index (χ3n) is 8.52. The zero-order valence-electron chi connectivity index (χ0n) is 21.8. The van der Waals surface area contributed by atoms with Gasteiger partial charge in [-0.1, -0.05) is 84.9 Å². The van der Waals surface area contributed by atoms with Crippen LogP contribution in [-0.4, -0.2) is 4.98 Å². The lowest BCUT2D eigenvalue weighted by Gasteiger charge is -2.22. The van der Waals surface area contributed by atoms with E-state index in [0.29, 0.717) is 5.56 Å². The highest BCUT2D eigenvalue weighted by Gasteiger charge is 2.22.